The van der Waals surface area contributed by atoms with Crippen LogP contribution in [0, 0.1) is 0 Å². The third-order valence-electron chi connectivity index (χ3n) is 9.75. The Balaban J connectivity index is 4.44. The van der Waals surface area contributed by atoms with Crippen LogP contribution in [0.4, 0.5) is 0 Å². The summed E-state index contributed by atoms with van der Waals surface area (Å²) in [5, 5.41) is 8.89. The summed E-state index contributed by atoms with van der Waals surface area (Å²) < 4.78 is 32.6. The Morgan fingerprint density at radius 1 is 0.517 bits per heavy atom. The highest BCUT2D eigenvalue weighted by atomic mass is 31.2. The van der Waals surface area contributed by atoms with Crippen LogP contribution in [0.15, 0.2) is 60.8 Å². The van der Waals surface area contributed by atoms with Gasteiger partial charge in [0.2, 0.25) is 0 Å². The molecular weight excluding hydrogens is 781 g/mol. The largest absolute Gasteiger partial charge is 0.480 e. The summed E-state index contributed by atoms with van der Waals surface area (Å²) in [4.78, 5) is 46.0. The van der Waals surface area contributed by atoms with Gasteiger partial charge in [0.05, 0.1) is 13.2 Å². The van der Waals surface area contributed by atoms with E-state index in [1.165, 1.54) is 116 Å². The second kappa shape index (κ2) is 42.9. The first-order valence-electron chi connectivity index (χ1n) is 23.3. The van der Waals surface area contributed by atoms with Crippen molar-refractivity contribution in [3.63, 3.8) is 0 Å². The highest BCUT2D eigenvalue weighted by Gasteiger charge is 2.28. The Morgan fingerprint density at radius 2 is 0.917 bits per heavy atom. The number of carboxylic acid groups (broad SMARTS) is 1. The molecule has 0 aromatic carbocycles. The zero-order valence-corrected chi connectivity index (χ0v) is 38.4. The first-order valence-corrected chi connectivity index (χ1v) is 24.8. The van der Waals surface area contributed by atoms with Crippen LogP contribution >= 0.6 is 7.82 Å². The third kappa shape index (κ3) is 41.9. The molecule has 11 nitrogen and oxygen atoms in total. The van der Waals surface area contributed by atoms with Crippen molar-refractivity contribution in [2.45, 2.75) is 206 Å². The van der Waals surface area contributed by atoms with Crippen LogP contribution in [0.25, 0.3) is 0 Å². The van der Waals surface area contributed by atoms with Crippen molar-refractivity contribution in [3.8, 4) is 0 Å². The lowest BCUT2D eigenvalue weighted by Gasteiger charge is -2.20. The van der Waals surface area contributed by atoms with Crippen LogP contribution in [-0.4, -0.2) is 59.9 Å². The molecular formula is C48H84NO10P. The number of carbonyl (C=O) groups is 3. The molecule has 0 aromatic rings. The number of hydrogen-bond donors (Lipinski definition) is 3. The van der Waals surface area contributed by atoms with Crippen LogP contribution < -0.4 is 5.73 Å². The fraction of sp³-hybridized carbons (Fsp3) is 0.729. The van der Waals surface area contributed by atoms with Gasteiger partial charge in [-0.15, -0.1) is 0 Å². The highest BCUT2D eigenvalue weighted by Crippen LogP contribution is 2.43. The van der Waals surface area contributed by atoms with Crippen molar-refractivity contribution in [2.75, 3.05) is 19.8 Å². The van der Waals surface area contributed by atoms with Crippen molar-refractivity contribution >= 4 is 25.7 Å². The van der Waals surface area contributed by atoms with Gasteiger partial charge in [0.15, 0.2) is 6.10 Å². The number of carboxylic acids is 1. The number of phosphoric ester groups is 1. The average Bonchev–Trinajstić information content (AvgIpc) is 3.22. The first kappa shape index (κ1) is 57.2. The molecule has 0 rings (SSSR count). The van der Waals surface area contributed by atoms with Gasteiger partial charge in [0.1, 0.15) is 12.6 Å². The minimum absolute atomic E-state index is 0.0647. The van der Waals surface area contributed by atoms with E-state index in [1.54, 1.807) is 0 Å². The van der Waals surface area contributed by atoms with Gasteiger partial charge in [-0.1, -0.05) is 177 Å². The molecule has 0 aromatic heterocycles. The summed E-state index contributed by atoms with van der Waals surface area (Å²) in [7, 11) is -4.74. The van der Waals surface area contributed by atoms with Gasteiger partial charge >= 0.3 is 25.7 Å². The summed E-state index contributed by atoms with van der Waals surface area (Å²) >= 11 is 0. The number of nitrogens with two attached hydrogens (primary N) is 1. The number of carbonyl (C=O) groups excluding carboxylic acids is 2. The van der Waals surface area contributed by atoms with Crippen molar-refractivity contribution in [1.82, 2.24) is 0 Å². The number of ether oxygens (including phenoxy) is 2. The minimum Gasteiger partial charge on any atom is -0.480 e. The number of allylic oxidation sites excluding steroid dienone is 10. The first-order chi connectivity index (χ1) is 29.1. The van der Waals surface area contributed by atoms with E-state index >= 15 is 0 Å². The lowest BCUT2D eigenvalue weighted by atomic mass is 10.1. The molecule has 12 heteroatoms. The summed E-state index contributed by atoms with van der Waals surface area (Å²) in [5.41, 5.74) is 5.33. The second-order valence-electron chi connectivity index (χ2n) is 15.5. The predicted molar refractivity (Wildman–Crippen MR) is 245 cm³/mol. The van der Waals surface area contributed by atoms with Crippen molar-refractivity contribution in [3.05, 3.63) is 60.8 Å². The molecule has 0 spiro atoms. The van der Waals surface area contributed by atoms with E-state index in [0.717, 1.165) is 32.1 Å². The molecule has 4 N–H and O–H groups in total. The Bertz CT molecular complexity index is 1250. The maximum atomic E-state index is 12.6. The number of unbranched alkanes of at least 4 members (excludes halogenated alkanes) is 19. The van der Waals surface area contributed by atoms with Gasteiger partial charge in [-0.05, 0) is 64.2 Å². The molecule has 0 bridgehead atoms. The minimum atomic E-state index is -4.74. The van der Waals surface area contributed by atoms with Gasteiger partial charge < -0.3 is 25.2 Å². The lowest BCUT2D eigenvalue weighted by Crippen LogP contribution is -2.34. The van der Waals surface area contributed by atoms with E-state index in [9.17, 15) is 23.8 Å². The molecule has 0 saturated heterocycles. The molecule has 346 valence electrons. The zero-order chi connectivity index (χ0) is 44.2. The van der Waals surface area contributed by atoms with Crippen molar-refractivity contribution in [2.24, 2.45) is 5.73 Å². The third-order valence-corrected chi connectivity index (χ3v) is 10.7. The Hall–Kier alpha value is -2.82. The molecule has 0 aliphatic rings. The molecule has 0 aliphatic carbocycles. The molecule has 0 heterocycles. The summed E-state index contributed by atoms with van der Waals surface area (Å²) in [6.45, 7) is 2.71. The van der Waals surface area contributed by atoms with E-state index in [1.807, 2.05) is 12.2 Å². The number of esters is 2. The van der Waals surface area contributed by atoms with Crippen LogP contribution in [-0.2, 0) is 37.5 Å². The van der Waals surface area contributed by atoms with Crippen LogP contribution in [0.3, 0.4) is 0 Å². The van der Waals surface area contributed by atoms with Crippen LogP contribution in [0.2, 0.25) is 0 Å². The standard InChI is InChI=1S/C48H84NO10P/c1-3-5-7-9-11-13-15-17-19-20-21-22-23-24-26-27-29-31-33-35-37-39-46(50)56-41-44(42-57-60(54,55)58-43-45(49)48(52)53)59-47(51)40-38-36-34-32-30-28-25-18-16-14-12-10-8-6-4-2/h19-20,22-23,26-27,31,33-34,36,44-45H,3-18,21,24-25,28-30,32,35,37-43,49H2,1-2H3,(H,52,53)(H,54,55)/b20-19+,23-22+,27-26+,33-31+,36-34+/t44-,45-/m0/s1. The second-order valence-corrected chi connectivity index (χ2v) is 17.0. The maximum Gasteiger partial charge on any atom is 0.472 e. The Labute approximate surface area is 364 Å². The van der Waals surface area contributed by atoms with E-state index in [2.05, 4.69) is 67.0 Å². The van der Waals surface area contributed by atoms with Gasteiger partial charge in [-0.3, -0.25) is 23.4 Å². The number of rotatable bonds is 43. The zero-order valence-electron chi connectivity index (χ0n) is 37.5. The smallest absolute Gasteiger partial charge is 0.472 e. The molecule has 0 radical (unpaired) electrons. The number of phosphoric acid groups is 1. The van der Waals surface area contributed by atoms with Gasteiger partial charge in [-0.25, -0.2) is 4.57 Å². The topological polar surface area (TPSA) is 172 Å². The van der Waals surface area contributed by atoms with Gasteiger partial charge in [0, 0.05) is 12.8 Å². The summed E-state index contributed by atoms with van der Waals surface area (Å²) in [5.74, 6) is -2.51. The lowest BCUT2D eigenvalue weighted by molar-refractivity contribution is -0.161. The van der Waals surface area contributed by atoms with Gasteiger partial charge in [-0.2, -0.15) is 0 Å². The highest BCUT2D eigenvalue weighted by molar-refractivity contribution is 7.47. The Morgan fingerprint density at radius 3 is 1.40 bits per heavy atom. The average molecular weight is 866 g/mol. The fourth-order valence-corrected chi connectivity index (χ4v) is 6.85. The summed E-state index contributed by atoms with van der Waals surface area (Å²) in [6, 6.07) is -1.54. The molecule has 3 atom stereocenters. The fourth-order valence-electron chi connectivity index (χ4n) is 6.07. The van der Waals surface area contributed by atoms with E-state index in [-0.39, 0.29) is 12.8 Å². The van der Waals surface area contributed by atoms with Crippen molar-refractivity contribution in [1.29, 1.82) is 0 Å². The molecule has 0 amide bonds. The normalized spacial score (nSPS) is 14.2. The number of aliphatic carboxylic acids is 1. The predicted octanol–water partition coefficient (Wildman–Crippen LogP) is 12.7. The maximum absolute atomic E-state index is 12.6. The monoisotopic (exact) mass is 866 g/mol. The molecule has 0 saturated carbocycles. The van der Waals surface area contributed by atoms with Crippen LogP contribution in [0.1, 0.15) is 194 Å². The molecule has 0 fully saturated rings. The van der Waals surface area contributed by atoms with E-state index < -0.39 is 57.7 Å². The van der Waals surface area contributed by atoms with Crippen LogP contribution in [0.5, 0.6) is 0 Å². The number of hydrogen-bond acceptors (Lipinski definition) is 9. The SMILES string of the molecule is CCCCCCCCC/C=C/C/C=C/C/C=C/C/C=C/CCCC(=O)OC[C@@H](COP(=O)(O)OC[C@H](N)C(=O)O)OC(=O)CC/C=C/CCCCCCCCCCCCC. The van der Waals surface area contributed by atoms with E-state index in [0.29, 0.717) is 19.3 Å². The quantitative estimate of drug-likeness (QED) is 0.0230. The van der Waals surface area contributed by atoms with Crippen molar-refractivity contribution < 1.29 is 47.5 Å². The molecule has 0 aliphatic heterocycles. The van der Waals surface area contributed by atoms with Gasteiger partial charge in [0.25, 0.3) is 0 Å². The summed E-state index contributed by atoms with van der Waals surface area (Å²) in [6.07, 6.45) is 50.2. The van der Waals surface area contributed by atoms with E-state index in [4.69, 9.17) is 24.8 Å². The molecule has 1 unspecified atom stereocenters. The Kier molecular flexibility index (Phi) is 40.8. The molecule has 60 heavy (non-hydrogen) atoms.